The quantitative estimate of drug-likeness (QED) is 0.328. The molecule has 1 aliphatic heterocycles. The van der Waals surface area contributed by atoms with Crippen LogP contribution in [0.25, 0.3) is 6.08 Å². The largest absolute Gasteiger partial charge is 0.481 e. The van der Waals surface area contributed by atoms with Crippen molar-refractivity contribution in [1.29, 1.82) is 0 Å². The van der Waals surface area contributed by atoms with Gasteiger partial charge in [0, 0.05) is 12.3 Å². The first-order chi connectivity index (χ1) is 13.9. The number of carbonyl (C=O) groups excluding carboxylic acids is 1. The maximum Gasteiger partial charge on any atom is 0.414 e. The van der Waals surface area contributed by atoms with E-state index in [1.54, 1.807) is 6.07 Å². The Labute approximate surface area is 170 Å². The number of carboxylic acid groups (broad SMARTS) is 1. The molecule has 0 radical (unpaired) electrons. The minimum Gasteiger partial charge on any atom is -0.481 e. The van der Waals surface area contributed by atoms with Crippen molar-refractivity contribution in [2.45, 2.75) is 57.9 Å². The van der Waals surface area contributed by atoms with Crippen LogP contribution in [0.1, 0.15) is 69.0 Å². The number of amides is 1. The molecule has 0 aliphatic carbocycles. The molecular formula is C21H28N2O6. The number of nitro groups is 1. The molecule has 0 unspecified atom stereocenters. The second kappa shape index (κ2) is 10.6. The molecule has 8 nitrogen and oxygen atoms in total. The van der Waals surface area contributed by atoms with E-state index in [4.69, 9.17) is 4.74 Å². The molecule has 1 N–H and O–H groups in total. The first kappa shape index (κ1) is 22.4. The highest BCUT2D eigenvalue weighted by Crippen LogP contribution is 2.41. The molecule has 0 aromatic heterocycles. The summed E-state index contributed by atoms with van der Waals surface area (Å²) in [4.78, 5) is 36.5. The van der Waals surface area contributed by atoms with Gasteiger partial charge in [-0.1, -0.05) is 57.6 Å². The standard InChI is InChI=1S/C21H28N2O6/c1-3-4-5-6-7-8-10-17(20(24)25)19-16-11-9-12-18(23(27)28)15(16)13-14-22(19)21(26)29-2/h9,11-14,17,19H,3-8,10H2,1-2H3,(H,24,25)/t17-,19-/m1/s1. The van der Waals surface area contributed by atoms with Crippen molar-refractivity contribution in [2.75, 3.05) is 7.11 Å². The Morgan fingerprint density at radius 3 is 2.55 bits per heavy atom. The van der Waals surface area contributed by atoms with Gasteiger partial charge in [0.05, 0.1) is 29.6 Å². The number of fused-ring (bicyclic) bond motifs is 1. The van der Waals surface area contributed by atoms with Crippen LogP contribution in [0, 0.1) is 16.0 Å². The van der Waals surface area contributed by atoms with E-state index in [0.29, 0.717) is 24.0 Å². The molecule has 1 aliphatic rings. The molecule has 1 aromatic carbocycles. The lowest BCUT2D eigenvalue weighted by atomic mass is 9.83. The molecule has 29 heavy (non-hydrogen) atoms. The van der Waals surface area contributed by atoms with Crippen molar-refractivity contribution in [1.82, 2.24) is 4.90 Å². The first-order valence-corrected chi connectivity index (χ1v) is 9.97. The number of benzene rings is 1. The van der Waals surface area contributed by atoms with Gasteiger partial charge in [-0.3, -0.25) is 19.8 Å². The van der Waals surface area contributed by atoms with Crippen LogP contribution in [0.4, 0.5) is 10.5 Å². The molecule has 1 amide bonds. The van der Waals surface area contributed by atoms with Crippen LogP contribution in [0.3, 0.4) is 0 Å². The molecule has 2 rings (SSSR count). The first-order valence-electron chi connectivity index (χ1n) is 9.97. The monoisotopic (exact) mass is 404 g/mol. The number of aliphatic carboxylic acids is 1. The lowest BCUT2D eigenvalue weighted by molar-refractivity contribution is -0.385. The van der Waals surface area contributed by atoms with Crippen LogP contribution in [-0.2, 0) is 9.53 Å². The number of nitro benzene ring substituents is 1. The zero-order valence-electron chi connectivity index (χ0n) is 16.9. The number of hydrogen-bond acceptors (Lipinski definition) is 5. The number of ether oxygens (including phenoxy) is 1. The van der Waals surface area contributed by atoms with E-state index in [1.807, 2.05) is 0 Å². The third kappa shape index (κ3) is 5.34. The summed E-state index contributed by atoms with van der Waals surface area (Å²) in [5.74, 6) is -1.93. The normalized spacial score (nSPS) is 16.2. The molecule has 2 atom stereocenters. The maximum atomic E-state index is 12.3. The molecule has 0 fully saturated rings. The van der Waals surface area contributed by atoms with E-state index in [9.17, 15) is 24.8 Å². The Balaban J connectivity index is 2.34. The predicted octanol–water partition coefficient (Wildman–Crippen LogP) is 5.14. The van der Waals surface area contributed by atoms with Gasteiger partial charge < -0.3 is 9.84 Å². The Kier molecular flexibility index (Phi) is 8.18. The Morgan fingerprint density at radius 2 is 1.93 bits per heavy atom. The van der Waals surface area contributed by atoms with Gasteiger partial charge in [-0.25, -0.2) is 4.79 Å². The van der Waals surface area contributed by atoms with Crippen molar-refractivity contribution < 1.29 is 24.4 Å². The van der Waals surface area contributed by atoms with Crippen molar-refractivity contribution in [3.8, 4) is 0 Å². The summed E-state index contributed by atoms with van der Waals surface area (Å²) in [7, 11) is 1.22. The number of rotatable bonds is 10. The molecule has 8 heteroatoms. The zero-order chi connectivity index (χ0) is 21.4. The number of hydrogen-bond donors (Lipinski definition) is 1. The Bertz CT molecular complexity index is 776. The molecule has 1 heterocycles. The molecule has 0 saturated carbocycles. The summed E-state index contributed by atoms with van der Waals surface area (Å²) in [6.45, 7) is 2.13. The Morgan fingerprint density at radius 1 is 1.24 bits per heavy atom. The summed E-state index contributed by atoms with van der Waals surface area (Å²) >= 11 is 0. The molecule has 158 valence electrons. The van der Waals surface area contributed by atoms with Crippen LogP contribution < -0.4 is 0 Å². The van der Waals surface area contributed by atoms with Crippen molar-refractivity contribution in [2.24, 2.45) is 5.92 Å². The summed E-state index contributed by atoms with van der Waals surface area (Å²) in [6, 6.07) is 3.67. The van der Waals surface area contributed by atoms with Gasteiger partial charge in [0.15, 0.2) is 0 Å². The second-order valence-electron chi connectivity index (χ2n) is 7.18. The van der Waals surface area contributed by atoms with Gasteiger partial charge in [0.1, 0.15) is 0 Å². The average molecular weight is 404 g/mol. The molecule has 0 spiro atoms. The highest BCUT2D eigenvalue weighted by Gasteiger charge is 2.40. The van der Waals surface area contributed by atoms with E-state index in [2.05, 4.69) is 6.92 Å². The summed E-state index contributed by atoms with van der Waals surface area (Å²) < 4.78 is 4.82. The Hall–Kier alpha value is -2.90. The number of carbonyl (C=O) groups is 2. The number of nitrogens with zero attached hydrogens (tertiary/aromatic N) is 2. The predicted molar refractivity (Wildman–Crippen MR) is 108 cm³/mol. The van der Waals surface area contributed by atoms with Gasteiger partial charge >= 0.3 is 12.1 Å². The van der Waals surface area contributed by atoms with E-state index in [1.165, 1.54) is 36.4 Å². The summed E-state index contributed by atoms with van der Waals surface area (Å²) in [5, 5.41) is 21.3. The lowest BCUT2D eigenvalue weighted by Gasteiger charge is -2.35. The van der Waals surface area contributed by atoms with Crippen LogP contribution in [0.2, 0.25) is 0 Å². The molecule has 0 saturated heterocycles. The van der Waals surface area contributed by atoms with Gasteiger partial charge in [-0.05, 0) is 18.1 Å². The summed E-state index contributed by atoms with van der Waals surface area (Å²) in [5.41, 5.74) is 0.666. The highest BCUT2D eigenvalue weighted by molar-refractivity contribution is 5.79. The third-order valence-electron chi connectivity index (χ3n) is 5.29. The molecule has 1 aromatic rings. The molecular weight excluding hydrogens is 376 g/mol. The minimum absolute atomic E-state index is 0.114. The third-order valence-corrected chi connectivity index (χ3v) is 5.29. The summed E-state index contributed by atoms with van der Waals surface area (Å²) in [6.07, 6.45) is 8.57. The van der Waals surface area contributed by atoms with Crippen LogP contribution in [0.15, 0.2) is 24.4 Å². The van der Waals surface area contributed by atoms with Gasteiger partial charge in [0.25, 0.3) is 5.69 Å². The SMILES string of the molecule is CCCCCCCC[C@@H](C(=O)O)[C@H]1c2cccc([N+](=O)[O-])c2C=CN1C(=O)OC. The average Bonchev–Trinajstić information content (AvgIpc) is 2.71. The number of unbranched alkanes of at least 4 members (excludes halogenated alkanes) is 5. The van der Waals surface area contributed by atoms with Crippen LogP contribution in [0.5, 0.6) is 0 Å². The fourth-order valence-corrected chi connectivity index (χ4v) is 3.82. The van der Waals surface area contributed by atoms with E-state index in [-0.39, 0.29) is 5.69 Å². The van der Waals surface area contributed by atoms with Gasteiger partial charge in [-0.15, -0.1) is 0 Å². The van der Waals surface area contributed by atoms with Crippen molar-refractivity contribution in [3.05, 3.63) is 45.6 Å². The van der Waals surface area contributed by atoms with E-state index < -0.39 is 28.9 Å². The number of carboxylic acids is 1. The van der Waals surface area contributed by atoms with E-state index >= 15 is 0 Å². The van der Waals surface area contributed by atoms with Crippen LogP contribution >= 0.6 is 0 Å². The van der Waals surface area contributed by atoms with Crippen LogP contribution in [-0.4, -0.2) is 34.1 Å². The second-order valence-corrected chi connectivity index (χ2v) is 7.18. The highest BCUT2D eigenvalue weighted by atomic mass is 16.6. The van der Waals surface area contributed by atoms with Crippen molar-refractivity contribution >= 4 is 23.8 Å². The zero-order valence-corrected chi connectivity index (χ0v) is 16.9. The maximum absolute atomic E-state index is 12.3. The van der Waals surface area contributed by atoms with Gasteiger partial charge in [-0.2, -0.15) is 0 Å². The fraction of sp³-hybridized carbons (Fsp3) is 0.524. The lowest BCUT2D eigenvalue weighted by Crippen LogP contribution is -2.39. The van der Waals surface area contributed by atoms with E-state index in [0.717, 1.165) is 32.1 Å². The smallest absolute Gasteiger partial charge is 0.414 e. The van der Waals surface area contributed by atoms with Gasteiger partial charge in [0.2, 0.25) is 0 Å². The fourth-order valence-electron chi connectivity index (χ4n) is 3.82. The minimum atomic E-state index is -1.04. The molecule has 0 bridgehead atoms. The number of methoxy groups -OCH3 is 1. The topological polar surface area (TPSA) is 110 Å². The van der Waals surface area contributed by atoms with Crippen molar-refractivity contribution in [3.63, 3.8) is 0 Å².